The standard InChI is InChI=1S/C15H13ClO3/c16-12-8-15-14(18-9-19-15)7-11(12)13(17)6-10-4-2-1-3-5-10/h1-5,7-8,13,17H,6,9H2. The third-order valence-corrected chi connectivity index (χ3v) is 3.45. The van der Waals surface area contributed by atoms with Crippen molar-refractivity contribution in [2.45, 2.75) is 12.5 Å². The molecule has 0 radical (unpaired) electrons. The van der Waals surface area contributed by atoms with Crippen LogP contribution in [0.15, 0.2) is 42.5 Å². The van der Waals surface area contributed by atoms with E-state index in [4.69, 9.17) is 21.1 Å². The van der Waals surface area contributed by atoms with Gasteiger partial charge in [0.05, 0.1) is 11.1 Å². The van der Waals surface area contributed by atoms with Gasteiger partial charge in [-0.15, -0.1) is 0 Å². The number of benzene rings is 2. The van der Waals surface area contributed by atoms with Gasteiger partial charge in [0.15, 0.2) is 11.5 Å². The fourth-order valence-electron chi connectivity index (χ4n) is 2.14. The van der Waals surface area contributed by atoms with Crippen molar-refractivity contribution < 1.29 is 14.6 Å². The maximum atomic E-state index is 10.3. The number of hydrogen-bond acceptors (Lipinski definition) is 3. The number of fused-ring (bicyclic) bond motifs is 1. The summed E-state index contributed by atoms with van der Waals surface area (Å²) < 4.78 is 10.5. The molecule has 0 saturated heterocycles. The van der Waals surface area contributed by atoms with Crippen LogP contribution in [0.4, 0.5) is 0 Å². The van der Waals surface area contributed by atoms with Crippen molar-refractivity contribution in [2.75, 3.05) is 6.79 Å². The molecular weight excluding hydrogens is 264 g/mol. The quantitative estimate of drug-likeness (QED) is 0.934. The molecule has 0 fully saturated rings. The first kappa shape index (κ1) is 12.3. The Kier molecular flexibility index (Phi) is 3.32. The molecule has 0 aromatic heterocycles. The molecule has 0 aliphatic carbocycles. The van der Waals surface area contributed by atoms with Crippen molar-refractivity contribution in [1.82, 2.24) is 0 Å². The second-order valence-electron chi connectivity index (χ2n) is 4.43. The molecule has 1 heterocycles. The van der Waals surface area contributed by atoms with Crippen molar-refractivity contribution in [3.05, 3.63) is 58.6 Å². The summed E-state index contributed by atoms with van der Waals surface area (Å²) in [6.07, 6.45) is -0.149. The van der Waals surface area contributed by atoms with Crippen LogP contribution in [0.5, 0.6) is 11.5 Å². The number of aliphatic hydroxyl groups is 1. The van der Waals surface area contributed by atoms with Crippen LogP contribution >= 0.6 is 11.6 Å². The zero-order chi connectivity index (χ0) is 13.2. The van der Waals surface area contributed by atoms with Gasteiger partial charge >= 0.3 is 0 Å². The van der Waals surface area contributed by atoms with E-state index in [1.54, 1.807) is 12.1 Å². The third kappa shape index (κ3) is 2.53. The van der Waals surface area contributed by atoms with Gasteiger partial charge in [-0.2, -0.15) is 0 Å². The molecule has 19 heavy (non-hydrogen) atoms. The maximum absolute atomic E-state index is 10.3. The summed E-state index contributed by atoms with van der Waals surface area (Å²) in [6.45, 7) is 0.198. The van der Waals surface area contributed by atoms with E-state index in [-0.39, 0.29) is 6.79 Å². The van der Waals surface area contributed by atoms with Crippen LogP contribution in [0.2, 0.25) is 5.02 Å². The first-order chi connectivity index (χ1) is 9.24. The van der Waals surface area contributed by atoms with Crippen molar-refractivity contribution in [3.63, 3.8) is 0 Å². The normalized spacial score (nSPS) is 14.4. The predicted octanol–water partition coefficient (Wildman–Crippen LogP) is 3.34. The fraction of sp³-hybridized carbons (Fsp3) is 0.200. The van der Waals surface area contributed by atoms with E-state index in [0.717, 1.165) is 5.56 Å². The van der Waals surface area contributed by atoms with Gasteiger partial charge < -0.3 is 14.6 Å². The van der Waals surface area contributed by atoms with Crippen molar-refractivity contribution in [2.24, 2.45) is 0 Å². The summed E-state index contributed by atoms with van der Waals surface area (Å²) in [4.78, 5) is 0. The van der Waals surface area contributed by atoms with Gasteiger partial charge in [0.25, 0.3) is 0 Å². The molecule has 0 bridgehead atoms. The number of ether oxygens (including phenoxy) is 2. The van der Waals surface area contributed by atoms with E-state index in [9.17, 15) is 5.11 Å². The highest BCUT2D eigenvalue weighted by Crippen LogP contribution is 2.39. The highest BCUT2D eigenvalue weighted by Gasteiger charge is 2.20. The molecule has 1 atom stereocenters. The maximum Gasteiger partial charge on any atom is 0.231 e. The summed E-state index contributed by atoms with van der Waals surface area (Å²) in [5.41, 5.74) is 1.72. The number of halogens is 1. The third-order valence-electron chi connectivity index (χ3n) is 3.12. The van der Waals surface area contributed by atoms with Crippen LogP contribution < -0.4 is 9.47 Å². The van der Waals surface area contributed by atoms with Gasteiger partial charge in [-0.25, -0.2) is 0 Å². The average Bonchev–Trinajstić information content (AvgIpc) is 2.86. The van der Waals surface area contributed by atoms with E-state index >= 15 is 0 Å². The highest BCUT2D eigenvalue weighted by atomic mass is 35.5. The molecule has 3 rings (SSSR count). The van der Waals surface area contributed by atoms with Gasteiger partial charge in [0.2, 0.25) is 6.79 Å². The average molecular weight is 277 g/mol. The molecule has 3 nitrogen and oxygen atoms in total. The summed E-state index contributed by atoms with van der Waals surface area (Å²) >= 11 is 6.17. The second-order valence-corrected chi connectivity index (χ2v) is 4.84. The van der Waals surface area contributed by atoms with Crippen LogP contribution in [0.1, 0.15) is 17.2 Å². The Morgan fingerprint density at radius 2 is 1.79 bits per heavy atom. The molecule has 1 aliphatic rings. The Morgan fingerprint density at radius 1 is 1.11 bits per heavy atom. The Morgan fingerprint density at radius 3 is 2.53 bits per heavy atom. The zero-order valence-electron chi connectivity index (χ0n) is 10.2. The number of hydrogen-bond donors (Lipinski definition) is 1. The van der Waals surface area contributed by atoms with Gasteiger partial charge in [-0.1, -0.05) is 41.9 Å². The minimum absolute atomic E-state index is 0.198. The lowest BCUT2D eigenvalue weighted by Crippen LogP contribution is -2.02. The van der Waals surface area contributed by atoms with Crippen LogP contribution in [0.25, 0.3) is 0 Å². The van der Waals surface area contributed by atoms with Crippen molar-refractivity contribution in [3.8, 4) is 11.5 Å². The SMILES string of the molecule is OC(Cc1ccccc1)c1cc2c(cc1Cl)OCO2. The summed E-state index contributed by atoms with van der Waals surface area (Å²) in [5.74, 6) is 1.26. The Bertz CT molecular complexity index is 583. The van der Waals surface area contributed by atoms with Gasteiger partial charge in [0, 0.05) is 18.1 Å². The van der Waals surface area contributed by atoms with E-state index in [1.165, 1.54) is 0 Å². The van der Waals surface area contributed by atoms with E-state index in [0.29, 0.717) is 28.5 Å². The second kappa shape index (κ2) is 5.11. The first-order valence-electron chi connectivity index (χ1n) is 6.05. The molecule has 0 saturated carbocycles. The lowest BCUT2D eigenvalue weighted by Gasteiger charge is -2.13. The molecule has 2 aromatic rings. The summed E-state index contributed by atoms with van der Waals surface area (Å²) in [5, 5.41) is 10.8. The van der Waals surface area contributed by atoms with E-state index in [2.05, 4.69) is 0 Å². The van der Waals surface area contributed by atoms with Gasteiger partial charge in [-0.3, -0.25) is 0 Å². The fourth-order valence-corrected chi connectivity index (χ4v) is 2.42. The summed E-state index contributed by atoms with van der Waals surface area (Å²) in [6, 6.07) is 13.2. The van der Waals surface area contributed by atoms with Crippen molar-refractivity contribution in [1.29, 1.82) is 0 Å². The Hall–Kier alpha value is -1.71. The van der Waals surface area contributed by atoms with Crippen molar-refractivity contribution >= 4 is 11.6 Å². The first-order valence-corrected chi connectivity index (χ1v) is 6.43. The molecule has 0 amide bonds. The Balaban J connectivity index is 1.86. The molecular formula is C15H13ClO3. The molecule has 1 N–H and O–H groups in total. The van der Waals surface area contributed by atoms with E-state index < -0.39 is 6.10 Å². The van der Waals surface area contributed by atoms with Crippen LogP contribution in [0.3, 0.4) is 0 Å². The van der Waals surface area contributed by atoms with E-state index in [1.807, 2.05) is 30.3 Å². The number of rotatable bonds is 3. The Labute approximate surface area is 116 Å². The van der Waals surface area contributed by atoms with Gasteiger partial charge in [0.1, 0.15) is 0 Å². The lowest BCUT2D eigenvalue weighted by atomic mass is 10.0. The molecule has 98 valence electrons. The monoisotopic (exact) mass is 276 g/mol. The van der Waals surface area contributed by atoms with Crippen LogP contribution in [-0.2, 0) is 6.42 Å². The van der Waals surface area contributed by atoms with Gasteiger partial charge in [-0.05, 0) is 11.6 Å². The molecule has 1 aliphatic heterocycles. The largest absolute Gasteiger partial charge is 0.454 e. The lowest BCUT2D eigenvalue weighted by molar-refractivity contribution is 0.171. The smallest absolute Gasteiger partial charge is 0.231 e. The number of aliphatic hydroxyl groups excluding tert-OH is 1. The van der Waals surface area contributed by atoms with Crippen LogP contribution in [0, 0.1) is 0 Å². The summed E-state index contributed by atoms with van der Waals surface area (Å²) in [7, 11) is 0. The van der Waals surface area contributed by atoms with Crippen LogP contribution in [-0.4, -0.2) is 11.9 Å². The molecule has 1 unspecified atom stereocenters. The minimum atomic E-state index is -0.663. The molecule has 0 spiro atoms. The molecule has 4 heteroatoms. The minimum Gasteiger partial charge on any atom is -0.454 e. The topological polar surface area (TPSA) is 38.7 Å². The highest BCUT2D eigenvalue weighted by molar-refractivity contribution is 6.31. The molecule has 2 aromatic carbocycles. The predicted molar refractivity (Wildman–Crippen MR) is 72.7 cm³/mol. The zero-order valence-corrected chi connectivity index (χ0v) is 10.9.